The van der Waals surface area contributed by atoms with Crippen LogP contribution in [0.5, 0.6) is 0 Å². The van der Waals surface area contributed by atoms with Gasteiger partial charge in [-0.25, -0.2) is 0 Å². The first-order valence-corrected chi connectivity index (χ1v) is 7.90. The second-order valence-electron chi connectivity index (χ2n) is 5.77. The molecule has 0 aromatic carbocycles. The summed E-state index contributed by atoms with van der Waals surface area (Å²) in [6.45, 7) is 6.10. The maximum absolute atomic E-state index is 12.3. The molecule has 7 heteroatoms. The lowest BCUT2D eigenvalue weighted by Gasteiger charge is -2.07. The van der Waals surface area contributed by atoms with Crippen molar-refractivity contribution in [3.63, 3.8) is 0 Å². The van der Waals surface area contributed by atoms with Crippen LogP contribution in [0.15, 0.2) is 4.42 Å². The van der Waals surface area contributed by atoms with Crippen molar-refractivity contribution in [2.45, 2.75) is 46.1 Å². The van der Waals surface area contributed by atoms with Crippen LogP contribution in [0, 0.1) is 25.5 Å². The maximum Gasteiger partial charge on any atom is 0.255 e. The number of hydrogen-bond donors (Lipinski definition) is 2. The molecular formula is C15H20N4O2S. The van der Waals surface area contributed by atoms with Crippen molar-refractivity contribution in [2.24, 2.45) is 0 Å². The minimum Gasteiger partial charge on any atom is -0.466 e. The summed E-state index contributed by atoms with van der Waals surface area (Å²) in [7, 11) is 0. The molecule has 2 aromatic rings. The number of carbonyl (C=O) groups is 1. The lowest BCUT2D eigenvalue weighted by Crippen LogP contribution is -2.27. The van der Waals surface area contributed by atoms with Gasteiger partial charge in [0, 0.05) is 24.6 Å². The van der Waals surface area contributed by atoms with Crippen LogP contribution in [0.4, 0.5) is 0 Å². The average molecular weight is 320 g/mol. The third kappa shape index (κ3) is 2.72. The number of hydrogen-bond acceptors (Lipinski definition) is 4. The maximum atomic E-state index is 12.3. The molecule has 22 heavy (non-hydrogen) atoms. The fraction of sp³-hybridized carbons (Fsp3) is 0.533. The van der Waals surface area contributed by atoms with Crippen LogP contribution in [0.1, 0.15) is 52.1 Å². The Balaban J connectivity index is 1.64. The summed E-state index contributed by atoms with van der Waals surface area (Å²) < 4.78 is 8.23. The lowest BCUT2D eigenvalue weighted by atomic mass is 10.1. The van der Waals surface area contributed by atoms with Gasteiger partial charge in [-0.1, -0.05) is 0 Å². The number of aromatic amines is 1. The van der Waals surface area contributed by atoms with Gasteiger partial charge in [0.25, 0.3) is 5.91 Å². The summed E-state index contributed by atoms with van der Waals surface area (Å²) in [5.41, 5.74) is 1.54. The van der Waals surface area contributed by atoms with Crippen LogP contribution >= 0.6 is 12.2 Å². The molecule has 1 amide bonds. The van der Waals surface area contributed by atoms with Crippen LogP contribution in [0.3, 0.4) is 0 Å². The fourth-order valence-corrected chi connectivity index (χ4v) is 3.03. The molecule has 0 radical (unpaired) electrons. The van der Waals surface area contributed by atoms with Gasteiger partial charge in [-0.2, -0.15) is 5.10 Å². The molecule has 1 fully saturated rings. The second kappa shape index (κ2) is 5.72. The molecule has 0 saturated heterocycles. The number of aromatic nitrogens is 3. The third-order valence-corrected chi connectivity index (χ3v) is 4.40. The first kappa shape index (κ1) is 15.0. The first-order chi connectivity index (χ1) is 10.5. The van der Waals surface area contributed by atoms with Gasteiger partial charge in [-0.05, 0) is 45.8 Å². The van der Waals surface area contributed by atoms with Gasteiger partial charge in [0.1, 0.15) is 17.3 Å². The number of aryl methyl sites for hydroxylation is 2. The Morgan fingerprint density at radius 2 is 2.14 bits per heavy atom. The summed E-state index contributed by atoms with van der Waals surface area (Å²) in [4.78, 5) is 12.3. The normalized spacial score (nSPS) is 14.3. The molecular weight excluding hydrogens is 300 g/mol. The van der Waals surface area contributed by atoms with Crippen LogP contribution in [-0.2, 0) is 6.42 Å². The van der Waals surface area contributed by atoms with E-state index in [1.54, 1.807) is 0 Å². The highest BCUT2D eigenvalue weighted by Gasteiger charge is 2.27. The van der Waals surface area contributed by atoms with E-state index >= 15 is 0 Å². The zero-order chi connectivity index (χ0) is 15.9. The van der Waals surface area contributed by atoms with E-state index in [4.69, 9.17) is 16.6 Å². The van der Waals surface area contributed by atoms with E-state index in [2.05, 4.69) is 20.1 Å². The second-order valence-corrected chi connectivity index (χ2v) is 6.15. The van der Waals surface area contributed by atoms with E-state index in [-0.39, 0.29) is 5.91 Å². The van der Waals surface area contributed by atoms with Crippen LogP contribution in [-0.4, -0.2) is 27.2 Å². The summed E-state index contributed by atoms with van der Waals surface area (Å²) in [6, 6.07) is 0.484. The smallest absolute Gasteiger partial charge is 0.255 e. The number of furan rings is 1. The monoisotopic (exact) mass is 320 g/mol. The van der Waals surface area contributed by atoms with Gasteiger partial charge < -0.3 is 14.3 Å². The minimum atomic E-state index is -0.0982. The van der Waals surface area contributed by atoms with Gasteiger partial charge >= 0.3 is 0 Å². The van der Waals surface area contributed by atoms with Crippen molar-refractivity contribution in [2.75, 3.05) is 6.54 Å². The summed E-state index contributed by atoms with van der Waals surface area (Å²) in [5, 5.41) is 10.0. The topological polar surface area (TPSA) is 75.8 Å². The molecule has 0 aliphatic heterocycles. The van der Waals surface area contributed by atoms with Crippen LogP contribution in [0.25, 0.3) is 0 Å². The molecule has 2 N–H and O–H groups in total. The molecule has 0 bridgehead atoms. The van der Waals surface area contributed by atoms with Crippen molar-refractivity contribution in [1.29, 1.82) is 0 Å². The quantitative estimate of drug-likeness (QED) is 0.831. The zero-order valence-corrected chi connectivity index (χ0v) is 13.8. The van der Waals surface area contributed by atoms with E-state index in [0.717, 1.165) is 30.0 Å². The fourth-order valence-electron chi connectivity index (χ4n) is 2.73. The molecule has 1 aliphatic carbocycles. The first-order valence-electron chi connectivity index (χ1n) is 7.49. The highest BCUT2D eigenvalue weighted by Crippen LogP contribution is 2.35. The van der Waals surface area contributed by atoms with Crippen molar-refractivity contribution in [3.05, 3.63) is 33.2 Å². The molecule has 118 valence electrons. The van der Waals surface area contributed by atoms with Crippen molar-refractivity contribution in [3.8, 4) is 0 Å². The lowest BCUT2D eigenvalue weighted by molar-refractivity contribution is 0.0952. The van der Waals surface area contributed by atoms with E-state index in [1.165, 1.54) is 0 Å². The number of nitrogens with zero attached hydrogens (tertiary/aromatic N) is 2. The van der Waals surface area contributed by atoms with Gasteiger partial charge in [-0.15, -0.1) is 0 Å². The molecule has 2 aromatic heterocycles. The number of nitrogens with one attached hydrogen (secondary N) is 2. The highest BCUT2D eigenvalue weighted by atomic mass is 32.1. The Hall–Kier alpha value is -1.89. The SMILES string of the molecule is Cc1oc(C)c(C(=O)NCCc2n[nH]c(=S)n2C2CC2)c1C. The number of H-pyrrole nitrogens is 1. The predicted molar refractivity (Wildman–Crippen MR) is 84.6 cm³/mol. The van der Waals surface area contributed by atoms with E-state index < -0.39 is 0 Å². The van der Waals surface area contributed by atoms with Crippen LogP contribution in [0.2, 0.25) is 0 Å². The highest BCUT2D eigenvalue weighted by molar-refractivity contribution is 7.71. The predicted octanol–water partition coefficient (Wildman–Crippen LogP) is 2.77. The summed E-state index contributed by atoms with van der Waals surface area (Å²) >= 11 is 5.25. The number of carbonyl (C=O) groups excluding carboxylic acids is 1. The molecule has 6 nitrogen and oxygen atoms in total. The van der Waals surface area contributed by atoms with Gasteiger partial charge in [0.2, 0.25) is 0 Å². The van der Waals surface area contributed by atoms with Gasteiger partial charge in [0.15, 0.2) is 4.77 Å². The number of rotatable bonds is 5. The average Bonchev–Trinajstić information content (AvgIpc) is 3.17. The van der Waals surface area contributed by atoms with E-state index in [0.29, 0.717) is 35.1 Å². The Bertz CT molecular complexity index is 767. The standard InChI is InChI=1S/C15H20N4O2S/c1-8-9(2)21-10(3)13(8)14(20)16-7-6-12-17-18-15(22)19(12)11-4-5-11/h11H,4-7H2,1-3H3,(H,16,20)(H,18,22). The van der Waals surface area contributed by atoms with E-state index in [1.807, 2.05) is 20.8 Å². The molecule has 0 unspecified atom stereocenters. The number of amides is 1. The molecule has 2 heterocycles. The van der Waals surface area contributed by atoms with Gasteiger partial charge in [0.05, 0.1) is 5.56 Å². The summed E-state index contributed by atoms with van der Waals surface area (Å²) in [6.07, 6.45) is 2.96. The van der Waals surface area contributed by atoms with Gasteiger partial charge in [-0.3, -0.25) is 9.89 Å². The molecule has 3 rings (SSSR count). The zero-order valence-electron chi connectivity index (χ0n) is 13.0. The third-order valence-electron chi connectivity index (χ3n) is 4.11. The van der Waals surface area contributed by atoms with Crippen molar-refractivity contribution < 1.29 is 9.21 Å². The molecule has 1 aliphatic rings. The van der Waals surface area contributed by atoms with Crippen LogP contribution < -0.4 is 5.32 Å². The molecule has 0 spiro atoms. The summed E-state index contributed by atoms with van der Waals surface area (Å²) in [5.74, 6) is 2.26. The Morgan fingerprint density at radius 1 is 1.41 bits per heavy atom. The molecule has 0 atom stereocenters. The minimum absolute atomic E-state index is 0.0982. The Kier molecular flexibility index (Phi) is 3.90. The Morgan fingerprint density at radius 3 is 2.73 bits per heavy atom. The van der Waals surface area contributed by atoms with E-state index in [9.17, 15) is 4.79 Å². The van der Waals surface area contributed by atoms with Crippen molar-refractivity contribution >= 4 is 18.1 Å². The largest absolute Gasteiger partial charge is 0.466 e. The van der Waals surface area contributed by atoms with Crippen molar-refractivity contribution in [1.82, 2.24) is 20.1 Å². The Labute approximate surface area is 133 Å². The molecule has 1 saturated carbocycles.